The van der Waals surface area contributed by atoms with Crippen molar-refractivity contribution in [3.8, 4) is 23.0 Å². The van der Waals surface area contributed by atoms with Crippen LogP contribution in [0, 0.1) is 0 Å². The maximum Gasteiger partial charge on any atom is 0.231 e. The van der Waals surface area contributed by atoms with Gasteiger partial charge < -0.3 is 19.3 Å². The van der Waals surface area contributed by atoms with E-state index in [0.29, 0.717) is 17.7 Å². The van der Waals surface area contributed by atoms with Gasteiger partial charge >= 0.3 is 0 Å². The zero-order chi connectivity index (χ0) is 16.2. The van der Waals surface area contributed by atoms with Gasteiger partial charge in [0.15, 0.2) is 23.0 Å². The van der Waals surface area contributed by atoms with E-state index in [1.54, 1.807) is 0 Å². The van der Waals surface area contributed by atoms with Gasteiger partial charge in [-0.3, -0.25) is 0 Å². The van der Waals surface area contributed by atoms with E-state index in [9.17, 15) is 5.11 Å². The summed E-state index contributed by atoms with van der Waals surface area (Å²) in [6, 6.07) is 9.45. The molecule has 0 spiro atoms. The fourth-order valence-corrected chi connectivity index (χ4v) is 2.46. The van der Waals surface area contributed by atoms with E-state index in [1.165, 1.54) is 7.11 Å². The summed E-state index contributed by atoms with van der Waals surface area (Å²) < 4.78 is 15.9. The highest BCUT2D eigenvalue weighted by Gasteiger charge is 2.12. The molecule has 2 aromatic carbocycles. The lowest BCUT2D eigenvalue weighted by Gasteiger charge is -2.09. The van der Waals surface area contributed by atoms with Gasteiger partial charge in [-0.05, 0) is 41.8 Å². The zero-order valence-electron chi connectivity index (χ0n) is 12.9. The highest BCUT2D eigenvalue weighted by molar-refractivity contribution is 5.75. The van der Waals surface area contributed by atoms with Gasteiger partial charge in [0.2, 0.25) is 6.79 Å². The predicted octanol–water partition coefficient (Wildman–Crippen LogP) is 4.03. The van der Waals surface area contributed by atoms with E-state index in [2.05, 4.69) is 6.58 Å². The van der Waals surface area contributed by atoms with Crippen LogP contribution in [0.15, 0.2) is 43.0 Å². The Morgan fingerprint density at radius 1 is 1.17 bits per heavy atom. The second-order valence-corrected chi connectivity index (χ2v) is 5.17. The smallest absolute Gasteiger partial charge is 0.231 e. The number of phenolic OH excluding ortho intramolecular Hbond substituents is 1. The molecule has 4 nitrogen and oxygen atoms in total. The first-order valence-electron chi connectivity index (χ1n) is 7.30. The third-order valence-corrected chi connectivity index (χ3v) is 3.62. The minimum atomic E-state index is 0.123. The van der Waals surface area contributed by atoms with Crippen molar-refractivity contribution >= 4 is 12.2 Å². The third-order valence-electron chi connectivity index (χ3n) is 3.62. The molecule has 1 aliphatic heterocycles. The highest BCUT2D eigenvalue weighted by Crippen LogP contribution is 2.35. The maximum atomic E-state index is 10.3. The molecule has 0 aliphatic carbocycles. The molecule has 0 saturated carbocycles. The van der Waals surface area contributed by atoms with Crippen LogP contribution in [0.1, 0.15) is 16.7 Å². The summed E-state index contributed by atoms with van der Waals surface area (Å²) in [5.41, 5.74) is 2.68. The number of hydrogen-bond acceptors (Lipinski definition) is 4. The van der Waals surface area contributed by atoms with Gasteiger partial charge in [-0.15, -0.1) is 6.58 Å². The molecule has 1 N–H and O–H groups in total. The first kappa shape index (κ1) is 15.0. The Hall–Kier alpha value is -2.88. The Kier molecular flexibility index (Phi) is 4.24. The van der Waals surface area contributed by atoms with Gasteiger partial charge in [-0.1, -0.05) is 24.3 Å². The Balaban J connectivity index is 1.92. The maximum absolute atomic E-state index is 10.3. The third kappa shape index (κ3) is 3.16. The van der Waals surface area contributed by atoms with Gasteiger partial charge in [0.1, 0.15) is 0 Å². The molecule has 0 saturated heterocycles. The van der Waals surface area contributed by atoms with Crippen LogP contribution >= 0.6 is 0 Å². The molecule has 0 fully saturated rings. The predicted molar refractivity (Wildman–Crippen MR) is 90.1 cm³/mol. The molecule has 0 aromatic heterocycles. The van der Waals surface area contributed by atoms with Crippen LogP contribution < -0.4 is 14.2 Å². The number of ether oxygens (including phenoxy) is 3. The number of aromatic hydroxyl groups is 1. The van der Waals surface area contributed by atoms with E-state index < -0.39 is 0 Å². The van der Waals surface area contributed by atoms with Crippen molar-refractivity contribution < 1.29 is 19.3 Å². The molecular formula is C19H18O4. The van der Waals surface area contributed by atoms with Crippen LogP contribution in [0.3, 0.4) is 0 Å². The Morgan fingerprint density at radius 3 is 2.78 bits per heavy atom. The Bertz CT molecular complexity index is 762. The number of phenols is 1. The van der Waals surface area contributed by atoms with Crippen molar-refractivity contribution in [1.82, 2.24) is 0 Å². The minimum absolute atomic E-state index is 0.123. The summed E-state index contributed by atoms with van der Waals surface area (Å²) in [6.07, 6.45) is 6.29. The molecule has 118 valence electrons. The molecule has 0 bridgehead atoms. The molecule has 2 aromatic rings. The quantitative estimate of drug-likeness (QED) is 0.669. The fraction of sp³-hybridized carbons (Fsp3) is 0.158. The summed E-state index contributed by atoms with van der Waals surface area (Å²) >= 11 is 0. The van der Waals surface area contributed by atoms with Gasteiger partial charge in [0, 0.05) is 5.56 Å². The number of fused-ring (bicyclic) bond motifs is 1. The van der Waals surface area contributed by atoms with Crippen LogP contribution in [0.5, 0.6) is 23.0 Å². The highest BCUT2D eigenvalue weighted by atomic mass is 16.7. The molecule has 0 amide bonds. The number of methoxy groups -OCH3 is 1. The number of rotatable bonds is 5. The van der Waals surface area contributed by atoms with Gasteiger partial charge in [-0.25, -0.2) is 0 Å². The molecular weight excluding hydrogens is 292 g/mol. The monoisotopic (exact) mass is 310 g/mol. The molecule has 3 rings (SSSR count). The largest absolute Gasteiger partial charge is 0.504 e. The summed E-state index contributed by atoms with van der Waals surface area (Å²) in [6.45, 7) is 4.00. The Labute approximate surface area is 135 Å². The van der Waals surface area contributed by atoms with E-state index >= 15 is 0 Å². The normalized spacial score (nSPS) is 12.6. The second-order valence-electron chi connectivity index (χ2n) is 5.17. The van der Waals surface area contributed by atoms with E-state index in [1.807, 2.05) is 48.6 Å². The van der Waals surface area contributed by atoms with Crippen molar-refractivity contribution in [1.29, 1.82) is 0 Å². The minimum Gasteiger partial charge on any atom is -0.504 e. The van der Waals surface area contributed by atoms with Gasteiger partial charge in [0.25, 0.3) is 0 Å². The van der Waals surface area contributed by atoms with Gasteiger partial charge in [-0.2, -0.15) is 0 Å². The Morgan fingerprint density at radius 2 is 2.00 bits per heavy atom. The number of benzene rings is 2. The standard InChI is InChI=1S/C19H18O4/c1-3-4-14-9-15(19(20)18(11-14)21-2)7-5-13-6-8-16-17(10-13)23-12-22-16/h3,5-11,20H,1,4,12H2,2H3/b7-5-. The average molecular weight is 310 g/mol. The number of allylic oxidation sites excluding steroid dienone is 1. The lowest BCUT2D eigenvalue weighted by molar-refractivity contribution is 0.174. The lowest BCUT2D eigenvalue weighted by atomic mass is 10.0. The van der Waals surface area contributed by atoms with Gasteiger partial charge in [0.05, 0.1) is 7.11 Å². The first-order chi connectivity index (χ1) is 11.2. The van der Waals surface area contributed by atoms with Crippen molar-refractivity contribution in [3.63, 3.8) is 0 Å². The van der Waals surface area contributed by atoms with E-state index in [0.717, 1.165) is 22.6 Å². The van der Waals surface area contributed by atoms with Crippen LogP contribution in [0.4, 0.5) is 0 Å². The lowest BCUT2D eigenvalue weighted by Crippen LogP contribution is -1.92. The van der Waals surface area contributed by atoms with Crippen LogP contribution in [0.2, 0.25) is 0 Å². The van der Waals surface area contributed by atoms with Crippen molar-refractivity contribution in [2.45, 2.75) is 6.42 Å². The molecule has 1 heterocycles. The summed E-state index contributed by atoms with van der Waals surface area (Å²) in [5, 5.41) is 10.3. The molecule has 23 heavy (non-hydrogen) atoms. The average Bonchev–Trinajstić information content (AvgIpc) is 3.03. The van der Waals surface area contributed by atoms with Crippen LogP contribution in [0.25, 0.3) is 12.2 Å². The fourth-order valence-electron chi connectivity index (χ4n) is 2.46. The van der Waals surface area contributed by atoms with Crippen molar-refractivity contribution in [2.75, 3.05) is 13.9 Å². The molecule has 0 atom stereocenters. The van der Waals surface area contributed by atoms with Crippen LogP contribution in [-0.2, 0) is 6.42 Å². The topological polar surface area (TPSA) is 47.9 Å². The van der Waals surface area contributed by atoms with E-state index in [-0.39, 0.29) is 12.5 Å². The molecule has 1 aliphatic rings. The van der Waals surface area contributed by atoms with E-state index in [4.69, 9.17) is 14.2 Å². The second kappa shape index (κ2) is 6.48. The molecule has 4 heteroatoms. The van der Waals surface area contributed by atoms with Crippen molar-refractivity contribution in [3.05, 3.63) is 59.7 Å². The first-order valence-corrected chi connectivity index (χ1v) is 7.30. The SMILES string of the molecule is C=CCc1cc(/C=C\c2ccc3c(c2)OCO3)c(O)c(OC)c1. The molecule has 0 unspecified atom stereocenters. The van der Waals surface area contributed by atoms with Crippen molar-refractivity contribution in [2.24, 2.45) is 0 Å². The number of hydrogen-bond donors (Lipinski definition) is 1. The zero-order valence-corrected chi connectivity index (χ0v) is 12.9. The van der Waals surface area contributed by atoms with Crippen LogP contribution in [-0.4, -0.2) is 19.0 Å². The summed E-state index contributed by atoms with van der Waals surface area (Å²) in [5.74, 6) is 2.06. The summed E-state index contributed by atoms with van der Waals surface area (Å²) in [7, 11) is 1.54. The molecule has 0 radical (unpaired) electrons. The summed E-state index contributed by atoms with van der Waals surface area (Å²) in [4.78, 5) is 0.